The van der Waals surface area contributed by atoms with Crippen LogP contribution >= 0.6 is 0 Å². The molecule has 0 aliphatic heterocycles. The molecule has 0 aromatic heterocycles. The topological polar surface area (TPSA) is 40.9 Å². The molecule has 0 aliphatic rings. The van der Waals surface area contributed by atoms with Gasteiger partial charge in [-0.15, -0.1) is 0 Å². The van der Waals surface area contributed by atoms with E-state index in [-0.39, 0.29) is 0 Å². The lowest BCUT2D eigenvalue weighted by Gasteiger charge is -1.82. The quantitative estimate of drug-likeness (QED) is 0.302. The summed E-state index contributed by atoms with van der Waals surface area (Å²) in [5.74, 6) is 0. The molecule has 0 bridgehead atoms. The minimum absolute atomic E-state index is 0.549. The normalized spacial score (nSPS) is 10.2. The summed E-state index contributed by atoms with van der Waals surface area (Å²) in [6.07, 6.45) is 2.59. The van der Waals surface area contributed by atoms with Gasteiger partial charge in [0.2, 0.25) is 0 Å². The van der Waals surface area contributed by atoms with Crippen molar-refractivity contribution in [1.29, 1.82) is 5.26 Å². The first-order valence-electron chi connectivity index (χ1n) is 2.39. The predicted octanol–water partition coefficient (Wildman–Crippen LogP) is 1.05. The Balaban J connectivity index is 3.91. The summed E-state index contributed by atoms with van der Waals surface area (Å²) in [6.45, 7) is 1.83. The Bertz CT molecular complexity index is 141. The molecule has 42 valence electrons. The van der Waals surface area contributed by atoms with Crippen LogP contribution in [0.5, 0.6) is 0 Å². The fraction of sp³-hybridized carbons (Fsp3) is 0.333. The third-order valence-corrected chi connectivity index (χ3v) is 0.810. The number of nitrogens with zero attached hydrogens (tertiary/aromatic N) is 1. The lowest BCUT2D eigenvalue weighted by molar-refractivity contribution is -0.105. The van der Waals surface area contributed by atoms with E-state index in [2.05, 4.69) is 0 Å². The van der Waals surface area contributed by atoms with Gasteiger partial charge in [0.05, 0.1) is 6.07 Å². The Hall–Kier alpha value is -1.10. The van der Waals surface area contributed by atoms with Crippen LogP contribution in [0.3, 0.4) is 0 Å². The molecule has 0 atom stereocenters. The van der Waals surface area contributed by atoms with E-state index >= 15 is 0 Å². The molecule has 0 radical (unpaired) electrons. The molecule has 0 spiro atoms. The second-order valence-corrected chi connectivity index (χ2v) is 1.32. The number of aldehydes is 1. The maximum absolute atomic E-state index is 9.91. The van der Waals surface area contributed by atoms with Gasteiger partial charge in [0.25, 0.3) is 0 Å². The molecule has 0 aliphatic carbocycles. The van der Waals surface area contributed by atoms with Gasteiger partial charge < -0.3 is 0 Å². The van der Waals surface area contributed by atoms with E-state index in [1.807, 2.05) is 6.92 Å². The maximum atomic E-state index is 9.91. The first-order valence-corrected chi connectivity index (χ1v) is 2.39. The number of carbonyl (C=O) groups excluding carboxylic acids is 1. The van der Waals surface area contributed by atoms with Crippen LogP contribution < -0.4 is 0 Å². The van der Waals surface area contributed by atoms with Gasteiger partial charge in [-0.2, -0.15) is 5.26 Å². The number of nitriles is 1. The van der Waals surface area contributed by atoms with Crippen LogP contribution in [0.2, 0.25) is 0 Å². The molecular formula is C6H7NO. The molecule has 0 fully saturated rings. The third kappa shape index (κ3) is 2.14. The molecule has 0 saturated carbocycles. The van der Waals surface area contributed by atoms with E-state index < -0.39 is 0 Å². The number of hydrogen-bond acceptors (Lipinski definition) is 2. The Labute approximate surface area is 48.4 Å². The predicted molar refractivity (Wildman–Crippen MR) is 30.1 cm³/mol. The summed E-state index contributed by atoms with van der Waals surface area (Å²) >= 11 is 0. The zero-order valence-electron chi connectivity index (χ0n) is 4.72. The first-order chi connectivity index (χ1) is 3.85. The van der Waals surface area contributed by atoms with Crippen LogP contribution in [0, 0.1) is 11.3 Å². The lowest BCUT2D eigenvalue weighted by atomic mass is 10.2. The van der Waals surface area contributed by atoms with Crippen molar-refractivity contribution < 1.29 is 4.79 Å². The molecule has 0 aromatic carbocycles. The molecule has 0 aromatic rings. The number of hydrogen-bond donors (Lipinski definition) is 0. The van der Waals surface area contributed by atoms with Crippen LogP contribution in [0.15, 0.2) is 11.6 Å². The molecule has 0 unspecified atom stereocenters. The Morgan fingerprint density at radius 2 is 2.50 bits per heavy atom. The largest absolute Gasteiger partial charge is 0.298 e. The zero-order valence-corrected chi connectivity index (χ0v) is 4.72. The van der Waals surface area contributed by atoms with Crippen molar-refractivity contribution in [2.24, 2.45) is 0 Å². The highest BCUT2D eigenvalue weighted by Gasteiger charge is 1.85. The fourth-order valence-electron chi connectivity index (χ4n) is 0.302. The molecule has 0 rings (SSSR count). The average molecular weight is 109 g/mol. The standard InChI is InChI=1S/C6H7NO/c1-2-6(5-8)3-4-7/h3,5H,2H2,1H3. The average Bonchev–Trinajstić information content (AvgIpc) is 1.83. The van der Waals surface area contributed by atoms with Crippen molar-refractivity contribution in [1.82, 2.24) is 0 Å². The zero-order chi connectivity index (χ0) is 6.41. The first kappa shape index (κ1) is 6.90. The minimum Gasteiger partial charge on any atom is -0.298 e. The SMILES string of the molecule is CCC(C=O)=CC#N. The van der Waals surface area contributed by atoms with Crippen molar-refractivity contribution in [2.45, 2.75) is 13.3 Å². The molecule has 0 saturated heterocycles. The fourth-order valence-corrected chi connectivity index (χ4v) is 0.302. The van der Waals surface area contributed by atoms with Gasteiger partial charge in [-0.05, 0) is 6.42 Å². The van der Waals surface area contributed by atoms with Crippen molar-refractivity contribution in [3.8, 4) is 6.07 Å². The molecule has 2 heteroatoms. The summed E-state index contributed by atoms with van der Waals surface area (Å²) < 4.78 is 0. The summed E-state index contributed by atoms with van der Waals surface area (Å²) in [5.41, 5.74) is 0.549. The molecule has 0 N–H and O–H groups in total. The Morgan fingerprint density at radius 1 is 1.88 bits per heavy atom. The van der Waals surface area contributed by atoms with Crippen LogP contribution in [0.4, 0.5) is 0 Å². The van der Waals surface area contributed by atoms with Crippen molar-refractivity contribution >= 4 is 6.29 Å². The van der Waals surface area contributed by atoms with Crippen molar-refractivity contribution in [2.75, 3.05) is 0 Å². The van der Waals surface area contributed by atoms with E-state index in [1.54, 1.807) is 6.07 Å². The van der Waals surface area contributed by atoms with Gasteiger partial charge >= 0.3 is 0 Å². The number of rotatable bonds is 2. The molecule has 0 heterocycles. The van der Waals surface area contributed by atoms with Crippen LogP contribution in [0.25, 0.3) is 0 Å². The Morgan fingerprint density at radius 3 is 2.62 bits per heavy atom. The van der Waals surface area contributed by atoms with Gasteiger partial charge in [0.15, 0.2) is 0 Å². The van der Waals surface area contributed by atoms with E-state index in [1.165, 1.54) is 6.08 Å². The molecule has 8 heavy (non-hydrogen) atoms. The van der Waals surface area contributed by atoms with E-state index in [0.29, 0.717) is 18.3 Å². The van der Waals surface area contributed by atoms with Gasteiger partial charge in [-0.25, -0.2) is 0 Å². The Kier molecular flexibility index (Phi) is 3.51. The number of carbonyl (C=O) groups is 1. The van der Waals surface area contributed by atoms with E-state index in [4.69, 9.17) is 5.26 Å². The summed E-state index contributed by atoms with van der Waals surface area (Å²) in [6, 6.07) is 1.78. The van der Waals surface area contributed by atoms with E-state index in [0.717, 1.165) is 0 Å². The van der Waals surface area contributed by atoms with Crippen LogP contribution in [-0.4, -0.2) is 6.29 Å². The van der Waals surface area contributed by atoms with Crippen molar-refractivity contribution in [3.63, 3.8) is 0 Å². The van der Waals surface area contributed by atoms with Crippen molar-refractivity contribution in [3.05, 3.63) is 11.6 Å². The highest BCUT2D eigenvalue weighted by Crippen LogP contribution is 1.92. The number of allylic oxidation sites excluding steroid dienone is 2. The van der Waals surface area contributed by atoms with Crippen LogP contribution in [0.1, 0.15) is 13.3 Å². The molecule has 2 nitrogen and oxygen atoms in total. The van der Waals surface area contributed by atoms with E-state index in [9.17, 15) is 4.79 Å². The summed E-state index contributed by atoms with van der Waals surface area (Å²) in [4.78, 5) is 9.91. The maximum Gasteiger partial charge on any atom is 0.146 e. The van der Waals surface area contributed by atoms with Gasteiger partial charge in [-0.1, -0.05) is 6.92 Å². The van der Waals surface area contributed by atoms with Crippen LogP contribution in [-0.2, 0) is 4.79 Å². The third-order valence-electron chi connectivity index (χ3n) is 0.810. The van der Waals surface area contributed by atoms with Gasteiger partial charge in [-0.3, -0.25) is 4.79 Å². The molecular weight excluding hydrogens is 102 g/mol. The second kappa shape index (κ2) is 4.07. The monoisotopic (exact) mass is 109 g/mol. The highest BCUT2D eigenvalue weighted by molar-refractivity contribution is 5.73. The summed E-state index contributed by atoms with van der Waals surface area (Å²) in [7, 11) is 0. The van der Waals surface area contributed by atoms with Gasteiger partial charge in [0.1, 0.15) is 6.29 Å². The minimum atomic E-state index is 0.549. The second-order valence-electron chi connectivity index (χ2n) is 1.32. The summed E-state index contributed by atoms with van der Waals surface area (Å²) in [5, 5.41) is 8.01. The lowest BCUT2D eigenvalue weighted by Crippen LogP contribution is -1.78. The van der Waals surface area contributed by atoms with Gasteiger partial charge in [0, 0.05) is 11.6 Å². The smallest absolute Gasteiger partial charge is 0.146 e. The highest BCUT2D eigenvalue weighted by atomic mass is 16.1. The molecule has 0 amide bonds.